The lowest BCUT2D eigenvalue weighted by Crippen LogP contribution is -2.21. The van der Waals surface area contributed by atoms with E-state index in [0.29, 0.717) is 22.3 Å². The molecule has 38 heavy (non-hydrogen) atoms. The first-order valence-corrected chi connectivity index (χ1v) is 12.9. The second-order valence-electron chi connectivity index (χ2n) is 9.60. The lowest BCUT2D eigenvalue weighted by molar-refractivity contribution is -0.109. The molecular weight excluding hydrogens is 464 g/mol. The Morgan fingerprint density at radius 3 is 0.737 bits per heavy atom. The van der Waals surface area contributed by atoms with Crippen molar-refractivity contribution in [2.75, 3.05) is 0 Å². The summed E-state index contributed by atoms with van der Waals surface area (Å²) in [5, 5.41) is 0. The van der Waals surface area contributed by atoms with Crippen molar-refractivity contribution >= 4 is 33.9 Å². The zero-order chi connectivity index (χ0) is 25.9. The second-order valence-corrected chi connectivity index (χ2v) is 9.60. The van der Waals surface area contributed by atoms with Crippen LogP contribution in [0.2, 0.25) is 0 Å². The predicted octanol–water partition coefficient (Wildman–Crippen LogP) is 7.72. The van der Waals surface area contributed by atoms with Gasteiger partial charge in [-0.2, -0.15) is 0 Å². The summed E-state index contributed by atoms with van der Waals surface area (Å²) in [4.78, 5) is 27.5. The third kappa shape index (κ3) is 4.53. The van der Waals surface area contributed by atoms with Gasteiger partial charge in [0.2, 0.25) is 0 Å². The standard InChI is InChI=1S/C36H26O2/c37-35-31(25-13-5-1-6-14-25)21-29(22-32(35)26-15-7-2-8-16-26)30-23-33(27-17-9-3-10-18-27)36(38)34(24-30)28-19-11-4-12-20-28/h1-24,29-30H. The zero-order valence-electron chi connectivity index (χ0n) is 20.8. The first-order valence-electron chi connectivity index (χ1n) is 12.9. The maximum absolute atomic E-state index is 13.8. The number of ketones is 2. The second kappa shape index (κ2) is 10.3. The quantitative estimate of drug-likeness (QED) is 0.287. The smallest absolute Gasteiger partial charge is 0.193 e. The van der Waals surface area contributed by atoms with Crippen LogP contribution in [0, 0.1) is 11.8 Å². The van der Waals surface area contributed by atoms with Crippen LogP contribution in [-0.2, 0) is 9.59 Å². The van der Waals surface area contributed by atoms with Gasteiger partial charge in [0.05, 0.1) is 0 Å². The third-order valence-corrected chi connectivity index (χ3v) is 7.20. The molecule has 6 rings (SSSR count). The summed E-state index contributed by atoms with van der Waals surface area (Å²) >= 11 is 0. The molecule has 0 saturated heterocycles. The van der Waals surface area contributed by atoms with Crippen molar-refractivity contribution < 1.29 is 9.59 Å². The highest BCUT2D eigenvalue weighted by atomic mass is 16.1. The minimum absolute atomic E-state index is 0.0186. The Morgan fingerprint density at radius 1 is 0.316 bits per heavy atom. The average molecular weight is 491 g/mol. The van der Waals surface area contributed by atoms with Crippen LogP contribution in [0.4, 0.5) is 0 Å². The summed E-state index contributed by atoms with van der Waals surface area (Å²) in [6.45, 7) is 0. The van der Waals surface area contributed by atoms with Crippen molar-refractivity contribution in [2.24, 2.45) is 11.8 Å². The van der Waals surface area contributed by atoms with E-state index in [9.17, 15) is 9.59 Å². The van der Waals surface area contributed by atoms with Crippen LogP contribution in [0.3, 0.4) is 0 Å². The van der Waals surface area contributed by atoms with Crippen molar-refractivity contribution in [2.45, 2.75) is 0 Å². The molecule has 0 bridgehead atoms. The molecule has 2 heteroatoms. The van der Waals surface area contributed by atoms with Gasteiger partial charge in [-0.1, -0.05) is 146 Å². The number of hydrogen-bond donors (Lipinski definition) is 0. The number of Topliss-reactive ketones (excluding diaryl/α,β-unsaturated/α-hetero) is 2. The Morgan fingerprint density at radius 2 is 0.526 bits per heavy atom. The van der Waals surface area contributed by atoms with Crippen LogP contribution >= 0.6 is 0 Å². The molecule has 0 spiro atoms. The Bertz CT molecular complexity index is 1360. The van der Waals surface area contributed by atoms with E-state index in [1.54, 1.807) is 0 Å². The lowest BCUT2D eigenvalue weighted by Gasteiger charge is -2.28. The highest BCUT2D eigenvalue weighted by molar-refractivity contribution is 6.44. The van der Waals surface area contributed by atoms with Gasteiger partial charge in [-0.25, -0.2) is 0 Å². The molecule has 0 aromatic heterocycles. The van der Waals surface area contributed by atoms with Gasteiger partial charge >= 0.3 is 0 Å². The molecule has 0 aliphatic heterocycles. The molecule has 2 aliphatic carbocycles. The van der Waals surface area contributed by atoms with E-state index in [4.69, 9.17) is 0 Å². The number of rotatable bonds is 5. The topological polar surface area (TPSA) is 34.1 Å². The van der Waals surface area contributed by atoms with Gasteiger partial charge in [-0.3, -0.25) is 9.59 Å². The Balaban J connectivity index is 1.53. The normalized spacial score (nSPS) is 16.4. The van der Waals surface area contributed by atoms with Gasteiger partial charge in [0.1, 0.15) is 0 Å². The van der Waals surface area contributed by atoms with Gasteiger partial charge < -0.3 is 0 Å². The number of benzene rings is 4. The highest BCUT2D eigenvalue weighted by Gasteiger charge is 2.32. The van der Waals surface area contributed by atoms with E-state index in [-0.39, 0.29) is 23.4 Å². The molecule has 0 amide bonds. The Kier molecular flexibility index (Phi) is 6.37. The van der Waals surface area contributed by atoms with Gasteiger partial charge in [-0.15, -0.1) is 0 Å². The van der Waals surface area contributed by atoms with Crippen molar-refractivity contribution in [3.63, 3.8) is 0 Å². The average Bonchev–Trinajstić information content (AvgIpc) is 2.99. The molecule has 4 aromatic carbocycles. The maximum atomic E-state index is 13.8. The van der Waals surface area contributed by atoms with Crippen molar-refractivity contribution in [1.82, 2.24) is 0 Å². The van der Waals surface area contributed by atoms with Gasteiger partial charge in [0, 0.05) is 34.1 Å². The van der Waals surface area contributed by atoms with Gasteiger partial charge in [0.15, 0.2) is 11.6 Å². The number of allylic oxidation sites excluding steroid dienone is 8. The minimum Gasteiger partial charge on any atom is -0.289 e. The molecule has 2 nitrogen and oxygen atoms in total. The molecule has 2 aliphatic rings. The number of carbonyl (C=O) groups is 2. The predicted molar refractivity (Wildman–Crippen MR) is 155 cm³/mol. The fourth-order valence-corrected chi connectivity index (χ4v) is 5.28. The zero-order valence-corrected chi connectivity index (χ0v) is 20.8. The van der Waals surface area contributed by atoms with Crippen LogP contribution < -0.4 is 0 Å². The van der Waals surface area contributed by atoms with Gasteiger partial charge in [-0.05, 0) is 22.3 Å². The maximum Gasteiger partial charge on any atom is 0.193 e. The summed E-state index contributed by atoms with van der Waals surface area (Å²) < 4.78 is 0. The van der Waals surface area contributed by atoms with Crippen LogP contribution in [0.25, 0.3) is 22.3 Å². The fraction of sp³-hybridized carbons (Fsp3) is 0.0556. The van der Waals surface area contributed by atoms with E-state index in [1.807, 2.05) is 121 Å². The van der Waals surface area contributed by atoms with Gasteiger partial charge in [0.25, 0.3) is 0 Å². The van der Waals surface area contributed by atoms with Crippen molar-refractivity contribution in [3.05, 3.63) is 168 Å². The monoisotopic (exact) mass is 490 g/mol. The fourth-order valence-electron chi connectivity index (χ4n) is 5.28. The molecule has 0 radical (unpaired) electrons. The molecule has 182 valence electrons. The van der Waals surface area contributed by atoms with Crippen LogP contribution in [0.15, 0.2) is 146 Å². The third-order valence-electron chi connectivity index (χ3n) is 7.20. The molecular formula is C36H26O2. The first-order chi connectivity index (χ1) is 18.7. The summed E-state index contributed by atoms with van der Waals surface area (Å²) in [6.07, 6.45) is 8.29. The van der Waals surface area contributed by atoms with E-state index in [1.165, 1.54) is 0 Å². The van der Waals surface area contributed by atoms with E-state index in [0.717, 1.165) is 22.3 Å². The number of hydrogen-bond acceptors (Lipinski definition) is 2. The Labute approximate surface area is 223 Å². The number of carbonyl (C=O) groups excluding carboxylic acids is 2. The summed E-state index contributed by atoms with van der Waals surface area (Å²) in [7, 11) is 0. The SMILES string of the molecule is O=C1C(c2ccccc2)=CC(C2C=C(c3ccccc3)C(=O)C(c3ccccc3)=C2)C=C1c1ccccc1. The first kappa shape index (κ1) is 23.6. The summed E-state index contributed by atoms with van der Waals surface area (Å²) in [6, 6.07) is 39.3. The summed E-state index contributed by atoms with van der Waals surface area (Å²) in [5.74, 6) is -0.178. The molecule has 0 saturated carbocycles. The highest BCUT2D eigenvalue weighted by Crippen LogP contribution is 2.40. The molecule has 4 aromatic rings. The van der Waals surface area contributed by atoms with E-state index < -0.39 is 0 Å². The van der Waals surface area contributed by atoms with Crippen LogP contribution in [-0.4, -0.2) is 11.6 Å². The van der Waals surface area contributed by atoms with Crippen molar-refractivity contribution in [3.8, 4) is 0 Å². The van der Waals surface area contributed by atoms with E-state index >= 15 is 0 Å². The summed E-state index contributed by atoms with van der Waals surface area (Å²) in [5.41, 5.74) is 6.37. The van der Waals surface area contributed by atoms with Crippen molar-refractivity contribution in [1.29, 1.82) is 0 Å². The molecule has 0 heterocycles. The van der Waals surface area contributed by atoms with E-state index in [2.05, 4.69) is 24.3 Å². The van der Waals surface area contributed by atoms with Crippen LogP contribution in [0.1, 0.15) is 22.3 Å². The molecule has 0 N–H and O–H groups in total. The molecule has 0 fully saturated rings. The van der Waals surface area contributed by atoms with Crippen LogP contribution in [0.5, 0.6) is 0 Å². The molecule has 0 atom stereocenters. The molecule has 0 unspecified atom stereocenters. The largest absolute Gasteiger partial charge is 0.289 e. The minimum atomic E-state index is -0.108. The lowest BCUT2D eigenvalue weighted by atomic mass is 9.74. The Hall–Kier alpha value is -4.82.